The highest BCUT2D eigenvalue weighted by Crippen LogP contribution is 2.30. The van der Waals surface area contributed by atoms with Crippen LogP contribution in [0.15, 0.2) is 36.7 Å². The molecule has 2 aromatic rings. The molecule has 0 bridgehead atoms. The van der Waals surface area contributed by atoms with E-state index in [1.165, 1.54) is 24.3 Å². The van der Waals surface area contributed by atoms with Gasteiger partial charge in [0.25, 0.3) is 0 Å². The molecule has 1 aromatic heterocycles. The zero-order chi connectivity index (χ0) is 18.7. The molecule has 1 N–H and O–H groups in total. The molecule has 0 unspecified atom stereocenters. The van der Waals surface area contributed by atoms with Gasteiger partial charge in [-0.15, -0.1) is 0 Å². The van der Waals surface area contributed by atoms with Crippen LogP contribution in [-0.4, -0.2) is 29.0 Å². The smallest absolute Gasteiger partial charge is 0.356 e. The maximum absolute atomic E-state index is 12.9. The van der Waals surface area contributed by atoms with Gasteiger partial charge < -0.3 is 10.2 Å². The first kappa shape index (κ1) is 18.1. The lowest BCUT2D eigenvalue weighted by atomic mass is 9.95. The van der Waals surface area contributed by atoms with Crippen LogP contribution in [0.25, 0.3) is 0 Å². The fraction of sp³-hybridized carbons (Fsp3) is 0.353. The molecule has 5 nitrogen and oxygen atoms in total. The van der Waals surface area contributed by atoms with E-state index in [9.17, 15) is 22.4 Å². The third-order valence-electron chi connectivity index (χ3n) is 4.24. The number of anilines is 2. The van der Waals surface area contributed by atoms with Crippen LogP contribution >= 0.6 is 0 Å². The van der Waals surface area contributed by atoms with Gasteiger partial charge in [0, 0.05) is 30.8 Å². The second-order valence-electron chi connectivity index (χ2n) is 6.02. The average Bonchev–Trinajstić information content (AvgIpc) is 2.63. The average molecular weight is 368 g/mol. The number of hydrogen-bond donors (Lipinski definition) is 1. The number of amides is 1. The highest BCUT2D eigenvalue weighted by Gasteiger charge is 2.34. The van der Waals surface area contributed by atoms with E-state index >= 15 is 0 Å². The number of carbonyl (C=O) groups excluding carboxylic acids is 1. The molecule has 9 heteroatoms. The van der Waals surface area contributed by atoms with Crippen molar-refractivity contribution in [2.75, 3.05) is 23.3 Å². The number of carbonyl (C=O) groups is 1. The first-order valence-corrected chi connectivity index (χ1v) is 8.03. The molecule has 1 aliphatic rings. The number of hydrogen-bond acceptors (Lipinski definition) is 4. The lowest BCUT2D eigenvalue weighted by molar-refractivity contribution is -0.141. The molecule has 0 spiro atoms. The van der Waals surface area contributed by atoms with Gasteiger partial charge in [0.05, 0.1) is 0 Å². The third-order valence-corrected chi connectivity index (χ3v) is 4.24. The molecule has 0 radical (unpaired) electrons. The van der Waals surface area contributed by atoms with Crippen molar-refractivity contribution in [3.05, 3.63) is 48.2 Å². The Labute approximate surface area is 147 Å². The highest BCUT2D eigenvalue weighted by atomic mass is 19.4. The largest absolute Gasteiger partial charge is 0.433 e. The van der Waals surface area contributed by atoms with Gasteiger partial charge in [-0.2, -0.15) is 13.2 Å². The van der Waals surface area contributed by atoms with E-state index in [4.69, 9.17) is 0 Å². The summed E-state index contributed by atoms with van der Waals surface area (Å²) < 4.78 is 51.1. The second kappa shape index (κ2) is 7.27. The standard InChI is InChI=1S/C17H16F4N4O/c18-12-1-3-13(4-2-12)24-16(26)11-5-7-25(8-6-11)15-9-14(17(19,20)21)22-10-23-15/h1-4,9-11H,5-8H2,(H,24,26). The van der Waals surface area contributed by atoms with Gasteiger partial charge in [-0.05, 0) is 37.1 Å². The van der Waals surface area contributed by atoms with Crippen LogP contribution < -0.4 is 10.2 Å². The van der Waals surface area contributed by atoms with Crippen molar-refractivity contribution < 1.29 is 22.4 Å². The quantitative estimate of drug-likeness (QED) is 0.843. The fourth-order valence-electron chi connectivity index (χ4n) is 2.82. The Morgan fingerprint density at radius 3 is 2.38 bits per heavy atom. The Bertz CT molecular complexity index is 771. The van der Waals surface area contributed by atoms with E-state index in [2.05, 4.69) is 15.3 Å². The monoisotopic (exact) mass is 368 g/mol. The van der Waals surface area contributed by atoms with E-state index < -0.39 is 11.9 Å². The Kier molecular flexibility index (Phi) is 5.06. The molecule has 1 amide bonds. The first-order valence-electron chi connectivity index (χ1n) is 8.03. The minimum absolute atomic E-state index is 0.185. The van der Waals surface area contributed by atoms with Gasteiger partial charge in [-0.1, -0.05) is 0 Å². The number of alkyl halides is 3. The third kappa shape index (κ3) is 4.27. The molecule has 0 atom stereocenters. The predicted octanol–water partition coefficient (Wildman–Crippen LogP) is 3.49. The molecule has 1 aliphatic heterocycles. The summed E-state index contributed by atoms with van der Waals surface area (Å²) in [6.45, 7) is 0.825. The molecular weight excluding hydrogens is 352 g/mol. The van der Waals surface area contributed by atoms with Gasteiger partial charge in [0.1, 0.15) is 23.7 Å². The van der Waals surface area contributed by atoms with Crippen LogP contribution in [0.4, 0.5) is 29.1 Å². The molecule has 0 aliphatic carbocycles. The van der Waals surface area contributed by atoms with Crippen LogP contribution in [-0.2, 0) is 11.0 Å². The molecule has 138 valence electrons. The Morgan fingerprint density at radius 1 is 1.12 bits per heavy atom. The lowest BCUT2D eigenvalue weighted by Crippen LogP contribution is -2.38. The van der Waals surface area contributed by atoms with Gasteiger partial charge >= 0.3 is 6.18 Å². The van der Waals surface area contributed by atoms with Gasteiger partial charge in [-0.25, -0.2) is 14.4 Å². The number of nitrogens with zero attached hydrogens (tertiary/aromatic N) is 3. The van der Waals surface area contributed by atoms with Crippen molar-refractivity contribution in [3.63, 3.8) is 0 Å². The van der Waals surface area contributed by atoms with Crippen LogP contribution in [0, 0.1) is 11.7 Å². The van der Waals surface area contributed by atoms with Crippen molar-refractivity contribution in [1.82, 2.24) is 9.97 Å². The zero-order valence-corrected chi connectivity index (χ0v) is 13.6. The highest BCUT2D eigenvalue weighted by molar-refractivity contribution is 5.92. The zero-order valence-electron chi connectivity index (χ0n) is 13.6. The summed E-state index contributed by atoms with van der Waals surface area (Å²) in [7, 11) is 0. The summed E-state index contributed by atoms with van der Waals surface area (Å²) in [4.78, 5) is 21.1. The van der Waals surface area contributed by atoms with Crippen molar-refractivity contribution in [1.29, 1.82) is 0 Å². The van der Waals surface area contributed by atoms with Crippen LogP contribution in [0.1, 0.15) is 18.5 Å². The van der Waals surface area contributed by atoms with Crippen LogP contribution in [0.3, 0.4) is 0 Å². The minimum Gasteiger partial charge on any atom is -0.356 e. The molecule has 1 aromatic carbocycles. The number of nitrogens with one attached hydrogen (secondary N) is 1. The van der Waals surface area contributed by atoms with Crippen molar-refractivity contribution >= 4 is 17.4 Å². The minimum atomic E-state index is -4.52. The fourth-order valence-corrected chi connectivity index (χ4v) is 2.82. The Balaban J connectivity index is 1.59. The molecule has 1 fully saturated rings. The van der Waals surface area contributed by atoms with Crippen molar-refractivity contribution in [3.8, 4) is 0 Å². The van der Waals surface area contributed by atoms with Crippen LogP contribution in [0.5, 0.6) is 0 Å². The number of halogens is 4. The van der Waals surface area contributed by atoms with E-state index in [1.807, 2.05) is 0 Å². The van der Waals surface area contributed by atoms with Crippen molar-refractivity contribution in [2.24, 2.45) is 5.92 Å². The summed E-state index contributed by atoms with van der Waals surface area (Å²) in [5.74, 6) is -0.640. The number of benzene rings is 1. The summed E-state index contributed by atoms with van der Waals surface area (Å²) in [5.41, 5.74) is -0.483. The number of rotatable bonds is 3. The number of piperidine rings is 1. The topological polar surface area (TPSA) is 58.1 Å². The maximum atomic E-state index is 12.9. The first-order chi connectivity index (χ1) is 12.3. The molecule has 1 saturated heterocycles. The van der Waals surface area contributed by atoms with Crippen molar-refractivity contribution in [2.45, 2.75) is 19.0 Å². The Hall–Kier alpha value is -2.71. The van der Waals surface area contributed by atoms with Gasteiger partial charge in [0.15, 0.2) is 0 Å². The Morgan fingerprint density at radius 2 is 1.77 bits per heavy atom. The summed E-state index contributed by atoms with van der Waals surface area (Å²) in [5, 5.41) is 2.72. The molecule has 0 saturated carbocycles. The molecule has 3 rings (SSSR count). The predicted molar refractivity (Wildman–Crippen MR) is 87.0 cm³/mol. The van der Waals surface area contributed by atoms with E-state index in [1.54, 1.807) is 4.90 Å². The molecule has 26 heavy (non-hydrogen) atoms. The summed E-state index contributed by atoms with van der Waals surface area (Å²) in [6.07, 6.45) is -2.66. The lowest BCUT2D eigenvalue weighted by Gasteiger charge is -2.32. The van der Waals surface area contributed by atoms with E-state index in [0.717, 1.165) is 12.4 Å². The summed E-state index contributed by atoms with van der Waals surface area (Å²) >= 11 is 0. The summed E-state index contributed by atoms with van der Waals surface area (Å²) in [6, 6.07) is 6.37. The van der Waals surface area contributed by atoms with E-state index in [-0.39, 0.29) is 23.5 Å². The van der Waals surface area contributed by atoms with Gasteiger partial charge in [-0.3, -0.25) is 4.79 Å². The van der Waals surface area contributed by atoms with E-state index in [0.29, 0.717) is 31.6 Å². The SMILES string of the molecule is O=C(Nc1ccc(F)cc1)C1CCN(c2cc(C(F)(F)F)ncn2)CC1. The molecular formula is C17H16F4N4O. The normalized spacial score (nSPS) is 15.8. The van der Waals surface area contributed by atoms with Gasteiger partial charge in [0.2, 0.25) is 5.91 Å². The molecule has 2 heterocycles. The second-order valence-corrected chi connectivity index (χ2v) is 6.02. The van der Waals surface area contributed by atoms with Crippen LogP contribution in [0.2, 0.25) is 0 Å². The maximum Gasteiger partial charge on any atom is 0.433 e. The number of aromatic nitrogens is 2.